The molecule has 1 aromatic heterocycles. The van der Waals surface area contributed by atoms with E-state index in [-0.39, 0.29) is 13.1 Å². The molecule has 2 saturated heterocycles. The highest BCUT2D eigenvalue weighted by molar-refractivity contribution is 5.72. The summed E-state index contributed by atoms with van der Waals surface area (Å²) in [5.41, 5.74) is -0.338. The number of methoxy groups -OCH3 is 1. The van der Waals surface area contributed by atoms with Crippen LogP contribution in [0.25, 0.3) is 0 Å². The van der Waals surface area contributed by atoms with Gasteiger partial charge in [0, 0.05) is 19.2 Å². The number of rotatable bonds is 7. The van der Waals surface area contributed by atoms with Gasteiger partial charge in [0.05, 0.1) is 25.5 Å². The summed E-state index contributed by atoms with van der Waals surface area (Å²) in [6.07, 6.45) is -1.78. The fraction of sp³-hybridized carbons (Fsp3) is 0.500. The van der Waals surface area contributed by atoms with Crippen LogP contribution in [0, 0.1) is 4.91 Å². The van der Waals surface area contributed by atoms with Crippen molar-refractivity contribution in [1.82, 2.24) is 14.1 Å². The van der Waals surface area contributed by atoms with Gasteiger partial charge in [0.25, 0.3) is 5.56 Å². The zero-order valence-electron chi connectivity index (χ0n) is 19.2. The van der Waals surface area contributed by atoms with E-state index < -0.39 is 47.5 Å². The molecule has 4 atom stereocenters. The molecule has 1 aromatic carbocycles. The molecule has 2 aliphatic rings. The first-order chi connectivity index (χ1) is 16.1. The van der Waals surface area contributed by atoms with Gasteiger partial charge in [-0.2, -0.15) is 5.01 Å². The minimum absolute atomic E-state index is 0.0444. The number of carbonyl (C=O) groups excluding carboxylic acids is 1. The van der Waals surface area contributed by atoms with Crippen LogP contribution in [0.1, 0.15) is 32.6 Å². The molecular weight excluding hydrogens is 448 g/mol. The Labute approximate surface area is 194 Å². The molecule has 12 heteroatoms. The second-order valence-electron chi connectivity index (χ2n) is 8.59. The molecule has 12 nitrogen and oxygen atoms in total. The number of carbonyl (C=O) groups is 1. The maximum Gasteiger partial charge on any atom is 0.333 e. The summed E-state index contributed by atoms with van der Waals surface area (Å²) in [6.45, 7) is 4.51. The van der Waals surface area contributed by atoms with Crippen molar-refractivity contribution in [3.05, 3.63) is 67.8 Å². The monoisotopic (exact) mass is 474 g/mol. The SMILES string of the molecule is COc1ccc(Cn2c(=O)ccn([C@@H]3O[C@H](CN(N=O)C(C)=O)[C@H]4OC(C)(C)O[C@H]43)c2=O)cc1. The quantitative estimate of drug-likeness (QED) is 0.429. The van der Waals surface area contributed by atoms with Crippen molar-refractivity contribution >= 4 is 5.91 Å². The first kappa shape index (κ1) is 23.8. The van der Waals surface area contributed by atoms with Crippen molar-refractivity contribution in [2.75, 3.05) is 13.7 Å². The maximum absolute atomic E-state index is 13.3. The fourth-order valence-corrected chi connectivity index (χ4v) is 4.20. The van der Waals surface area contributed by atoms with Crippen LogP contribution in [0.15, 0.2) is 51.4 Å². The fourth-order valence-electron chi connectivity index (χ4n) is 4.20. The molecule has 34 heavy (non-hydrogen) atoms. The Hall–Kier alpha value is -3.35. The minimum Gasteiger partial charge on any atom is -0.497 e. The van der Waals surface area contributed by atoms with Gasteiger partial charge in [-0.05, 0) is 31.5 Å². The summed E-state index contributed by atoms with van der Waals surface area (Å²) in [5.74, 6) is -0.878. The van der Waals surface area contributed by atoms with E-state index in [1.165, 1.54) is 23.8 Å². The molecule has 4 rings (SSSR count). The Bertz CT molecular complexity index is 1190. The second-order valence-corrected chi connectivity index (χ2v) is 8.59. The molecule has 0 spiro atoms. The van der Waals surface area contributed by atoms with Gasteiger partial charge in [-0.1, -0.05) is 12.1 Å². The number of hydrogen-bond donors (Lipinski definition) is 0. The van der Waals surface area contributed by atoms with Crippen LogP contribution in [0.4, 0.5) is 0 Å². The van der Waals surface area contributed by atoms with Gasteiger partial charge in [-0.3, -0.25) is 18.7 Å². The number of nitrogens with zero attached hydrogens (tertiary/aromatic N) is 4. The van der Waals surface area contributed by atoms with Crippen LogP contribution < -0.4 is 16.0 Å². The normalized spacial score (nSPS) is 25.1. The first-order valence-electron chi connectivity index (χ1n) is 10.7. The number of fused-ring (bicyclic) bond motifs is 1. The number of ether oxygens (including phenoxy) is 4. The Morgan fingerprint density at radius 2 is 1.82 bits per heavy atom. The van der Waals surface area contributed by atoms with E-state index >= 15 is 0 Å². The smallest absolute Gasteiger partial charge is 0.333 e. The minimum atomic E-state index is -0.980. The van der Waals surface area contributed by atoms with Gasteiger partial charge >= 0.3 is 5.69 Å². The maximum atomic E-state index is 13.3. The predicted octanol–water partition coefficient (Wildman–Crippen LogP) is 1.01. The lowest BCUT2D eigenvalue weighted by Gasteiger charge is -2.26. The standard InChI is InChI=1S/C22H26N4O8/c1-13(27)26(23-30)12-16-18-19(34-22(2,3)33-18)20(32-16)24-10-9-17(28)25(21(24)29)11-14-5-7-15(31-4)8-6-14/h5-10,16,18-20H,11-12H2,1-4H3/t16-,18-,19-,20-/m1/s1. The predicted molar refractivity (Wildman–Crippen MR) is 118 cm³/mol. The number of aromatic nitrogens is 2. The topological polar surface area (TPSA) is 131 Å². The van der Waals surface area contributed by atoms with Gasteiger partial charge in [0.15, 0.2) is 12.0 Å². The van der Waals surface area contributed by atoms with Crippen LogP contribution in [-0.2, 0) is 25.5 Å². The molecular formula is C22H26N4O8. The lowest BCUT2D eigenvalue weighted by Crippen LogP contribution is -2.43. The van der Waals surface area contributed by atoms with Crippen molar-refractivity contribution in [2.45, 2.75) is 57.6 Å². The van der Waals surface area contributed by atoms with Crippen molar-refractivity contribution in [2.24, 2.45) is 5.29 Å². The van der Waals surface area contributed by atoms with Gasteiger partial charge in [-0.25, -0.2) is 4.79 Å². The number of benzene rings is 1. The van der Waals surface area contributed by atoms with E-state index in [2.05, 4.69) is 5.29 Å². The second kappa shape index (κ2) is 9.12. The van der Waals surface area contributed by atoms with Crippen LogP contribution in [0.3, 0.4) is 0 Å². The highest BCUT2D eigenvalue weighted by Crippen LogP contribution is 2.42. The number of nitroso groups, excluding NO2 is 1. The molecule has 2 fully saturated rings. The Morgan fingerprint density at radius 1 is 1.15 bits per heavy atom. The highest BCUT2D eigenvalue weighted by atomic mass is 16.8. The molecule has 2 aromatic rings. The van der Waals surface area contributed by atoms with Crippen molar-refractivity contribution in [1.29, 1.82) is 0 Å². The summed E-state index contributed by atoms with van der Waals surface area (Å²) in [5, 5.41) is 3.46. The van der Waals surface area contributed by atoms with Gasteiger partial charge < -0.3 is 18.9 Å². The molecule has 2 aliphatic heterocycles. The molecule has 0 radical (unpaired) electrons. The highest BCUT2D eigenvalue weighted by Gasteiger charge is 2.56. The summed E-state index contributed by atoms with van der Waals surface area (Å²) < 4.78 is 25.5. The Morgan fingerprint density at radius 3 is 2.44 bits per heavy atom. The molecule has 0 N–H and O–H groups in total. The largest absolute Gasteiger partial charge is 0.497 e. The summed E-state index contributed by atoms with van der Waals surface area (Å²) in [6, 6.07) is 8.28. The van der Waals surface area contributed by atoms with E-state index in [1.807, 2.05) is 0 Å². The Balaban J connectivity index is 1.66. The molecule has 0 unspecified atom stereocenters. The lowest BCUT2D eigenvalue weighted by molar-refractivity contribution is -0.199. The van der Waals surface area contributed by atoms with E-state index in [4.69, 9.17) is 18.9 Å². The van der Waals surface area contributed by atoms with Crippen LogP contribution in [-0.4, -0.2) is 57.8 Å². The van der Waals surface area contributed by atoms with E-state index in [9.17, 15) is 19.3 Å². The molecule has 1 amide bonds. The van der Waals surface area contributed by atoms with Crippen LogP contribution in [0.2, 0.25) is 0 Å². The van der Waals surface area contributed by atoms with Crippen LogP contribution in [0.5, 0.6) is 5.75 Å². The third kappa shape index (κ3) is 4.52. The zero-order valence-corrected chi connectivity index (χ0v) is 19.2. The van der Waals surface area contributed by atoms with E-state index in [0.717, 1.165) is 15.1 Å². The number of amides is 1. The van der Waals surface area contributed by atoms with Gasteiger partial charge in [0.1, 0.15) is 24.1 Å². The first-order valence-corrected chi connectivity index (χ1v) is 10.7. The van der Waals surface area contributed by atoms with Crippen molar-refractivity contribution < 1.29 is 23.7 Å². The summed E-state index contributed by atoms with van der Waals surface area (Å²) in [7, 11) is 1.55. The molecule has 3 heterocycles. The third-order valence-corrected chi connectivity index (χ3v) is 5.81. The zero-order chi connectivity index (χ0) is 24.6. The lowest BCUT2D eigenvalue weighted by atomic mass is 10.1. The Kier molecular flexibility index (Phi) is 6.39. The average Bonchev–Trinajstić information content (AvgIpc) is 3.28. The molecule has 0 bridgehead atoms. The van der Waals surface area contributed by atoms with Gasteiger partial charge in [-0.15, -0.1) is 4.91 Å². The van der Waals surface area contributed by atoms with Crippen molar-refractivity contribution in [3.63, 3.8) is 0 Å². The average molecular weight is 474 g/mol. The van der Waals surface area contributed by atoms with E-state index in [0.29, 0.717) is 5.75 Å². The molecule has 182 valence electrons. The van der Waals surface area contributed by atoms with Crippen LogP contribution >= 0.6 is 0 Å². The van der Waals surface area contributed by atoms with Crippen molar-refractivity contribution in [3.8, 4) is 5.75 Å². The molecule has 0 aliphatic carbocycles. The summed E-state index contributed by atoms with van der Waals surface area (Å²) >= 11 is 0. The van der Waals surface area contributed by atoms with E-state index in [1.54, 1.807) is 45.2 Å². The van der Waals surface area contributed by atoms with Gasteiger partial charge in [0.2, 0.25) is 5.91 Å². The number of hydrogen-bond acceptors (Lipinski definition) is 9. The summed E-state index contributed by atoms with van der Waals surface area (Å²) in [4.78, 5) is 48.6. The molecule has 0 saturated carbocycles. The third-order valence-electron chi connectivity index (χ3n) is 5.81.